The minimum absolute atomic E-state index is 0.111. The van der Waals surface area contributed by atoms with E-state index in [-0.39, 0.29) is 5.56 Å². The van der Waals surface area contributed by atoms with Gasteiger partial charge < -0.3 is 9.88 Å². The van der Waals surface area contributed by atoms with Gasteiger partial charge in [-0.1, -0.05) is 6.07 Å². The number of fused-ring (bicyclic) bond motifs is 1. The average molecular weight is 438 g/mol. The zero-order valence-corrected chi connectivity index (χ0v) is 18.5. The van der Waals surface area contributed by atoms with E-state index in [1.54, 1.807) is 42.3 Å². The van der Waals surface area contributed by atoms with E-state index in [2.05, 4.69) is 36.5 Å². The van der Waals surface area contributed by atoms with Crippen LogP contribution in [-0.4, -0.2) is 34.1 Å². The molecule has 0 bridgehead atoms. The number of hydrogen-bond donors (Lipinski definition) is 1. The van der Waals surface area contributed by atoms with Crippen LogP contribution in [0.25, 0.3) is 28.2 Å². The highest BCUT2D eigenvalue weighted by Gasteiger charge is 2.11. The van der Waals surface area contributed by atoms with Crippen LogP contribution in [0, 0.1) is 13.8 Å². The molecule has 0 aliphatic carbocycles. The third-order valence-electron chi connectivity index (χ3n) is 5.46. The summed E-state index contributed by atoms with van der Waals surface area (Å²) in [6.07, 6.45) is 6.99. The first kappa shape index (κ1) is 20.5. The monoisotopic (exact) mass is 438 g/mol. The number of nitrogens with zero attached hydrogens (tertiary/aromatic N) is 7. The van der Waals surface area contributed by atoms with E-state index in [0.717, 1.165) is 28.1 Å². The third-order valence-corrected chi connectivity index (χ3v) is 5.46. The molecule has 0 fully saturated rings. The molecule has 0 aliphatic heterocycles. The van der Waals surface area contributed by atoms with E-state index in [1.807, 2.05) is 38.2 Å². The average Bonchev–Trinajstić information content (AvgIpc) is 3.22. The highest BCUT2D eigenvalue weighted by atomic mass is 16.1. The molecule has 164 valence electrons. The predicted molar refractivity (Wildman–Crippen MR) is 126 cm³/mol. The normalized spacial score (nSPS) is 11.1. The lowest BCUT2D eigenvalue weighted by molar-refractivity contribution is 0.861. The van der Waals surface area contributed by atoms with E-state index >= 15 is 0 Å². The number of anilines is 1. The van der Waals surface area contributed by atoms with Gasteiger partial charge in [0.05, 0.1) is 17.0 Å². The number of pyridine rings is 3. The molecule has 0 amide bonds. The Hall–Kier alpha value is -4.40. The van der Waals surface area contributed by atoms with Gasteiger partial charge in [-0.2, -0.15) is 0 Å². The van der Waals surface area contributed by atoms with Crippen molar-refractivity contribution in [3.63, 3.8) is 0 Å². The topological polar surface area (TPSA) is 103 Å². The summed E-state index contributed by atoms with van der Waals surface area (Å²) in [6.45, 7) is 4.55. The quantitative estimate of drug-likeness (QED) is 0.449. The molecule has 5 heterocycles. The van der Waals surface area contributed by atoms with Crippen LogP contribution in [0.1, 0.15) is 16.8 Å². The molecule has 0 aromatic carbocycles. The minimum Gasteiger partial charge on any atom is -0.350 e. The maximum Gasteiger partial charge on any atom is 0.259 e. The number of rotatable bonds is 5. The second-order valence-electron chi connectivity index (χ2n) is 7.91. The molecule has 0 spiro atoms. The Kier molecular flexibility index (Phi) is 5.14. The molecule has 0 radical (unpaired) electrons. The molecule has 1 N–H and O–H groups in total. The molecule has 0 saturated heterocycles. The Morgan fingerprint density at radius 1 is 1.03 bits per heavy atom. The first-order valence-corrected chi connectivity index (χ1v) is 10.5. The summed E-state index contributed by atoms with van der Waals surface area (Å²) in [5, 5.41) is 11.8. The van der Waals surface area contributed by atoms with Crippen LogP contribution < -0.4 is 10.9 Å². The highest BCUT2D eigenvalue weighted by Crippen LogP contribution is 2.22. The van der Waals surface area contributed by atoms with Crippen LogP contribution >= 0.6 is 0 Å². The zero-order chi connectivity index (χ0) is 22.9. The largest absolute Gasteiger partial charge is 0.350 e. The first-order chi connectivity index (χ1) is 16.0. The van der Waals surface area contributed by atoms with Gasteiger partial charge in [0.15, 0.2) is 5.65 Å². The zero-order valence-electron chi connectivity index (χ0n) is 18.5. The summed E-state index contributed by atoms with van der Waals surface area (Å²) in [6, 6.07) is 11.4. The fourth-order valence-corrected chi connectivity index (χ4v) is 3.76. The maximum absolute atomic E-state index is 12.4. The Labute approximate surface area is 189 Å². The molecule has 5 aromatic heterocycles. The standard InChI is InChI=1S/C24H22N8O/c1-15-9-17(12-26-22(15)18-6-7-25-16(2)10-18)13-27-24-30-29-21-11-20(28-14-32(21)24)19-5-4-8-31(3)23(19)33/h4-12,14H,13H2,1-3H3,(H,27,30). The van der Waals surface area contributed by atoms with Gasteiger partial charge in [-0.15, -0.1) is 10.2 Å². The van der Waals surface area contributed by atoms with Crippen LogP contribution in [0.15, 0.2) is 66.1 Å². The molecular weight excluding hydrogens is 416 g/mol. The molecule has 0 saturated carbocycles. The van der Waals surface area contributed by atoms with Crippen molar-refractivity contribution in [2.24, 2.45) is 7.05 Å². The van der Waals surface area contributed by atoms with E-state index in [1.165, 1.54) is 4.57 Å². The minimum atomic E-state index is -0.111. The summed E-state index contributed by atoms with van der Waals surface area (Å²) < 4.78 is 3.28. The molecule has 9 heteroatoms. The smallest absolute Gasteiger partial charge is 0.259 e. The van der Waals surface area contributed by atoms with Crippen molar-refractivity contribution in [1.82, 2.24) is 34.1 Å². The second kappa shape index (κ2) is 8.27. The summed E-state index contributed by atoms with van der Waals surface area (Å²) in [4.78, 5) is 25.7. The van der Waals surface area contributed by atoms with E-state index in [0.29, 0.717) is 29.4 Å². The van der Waals surface area contributed by atoms with Crippen molar-refractivity contribution in [2.45, 2.75) is 20.4 Å². The van der Waals surface area contributed by atoms with Gasteiger partial charge in [0.2, 0.25) is 5.95 Å². The highest BCUT2D eigenvalue weighted by molar-refractivity contribution is 5.64. The second-order valence-corrected chi connectivity index (χ2v) is 7.91. The molecule has 33 heavy (non-hydrogen) atoms. The summed E-state index contributed by atoms with van der Waals surface area (Å²) in [5.74, 6) is 0.566. The van der Waals surface area contributed by atoms with Crippen molar-refractivity contribution in [2.75, 3.05) is 5.32 Å². The van der Waals surface area contributed by atoms with Gasteiger partial charge in [-0.25, -0.2) is 4.98 Å². The van der Waals surface area contributed by atoms with Crippen molar-refractivity contribution >= 4 is 11.6 Å². The van der Waals surface area contributed by atoms with Crippen LogP contribution in [0.2, 0.25) is 0 Å². The summed E-state index contributed by atoms with van der Waals surface area (Å²) >= 11 is 0. The fourth-order valence-electron chi connectivity index (χ4n) is 3.76. The summed E-state index contributed by atoms with van der Waals surface area (Å²) in [5.41, 5.74) is 6.64. The lowest BCUT2D eigenvalue weighted by atomic mass is 10.1. The van der Waals surface area contributed by atoms with Gasteiger partial charge >= 0.3 is 0 Å². The Balaban J connectivity index is 1.36. The lowest BCUT2D eigenvalue weighted by Crippen LogP contribution is -2.17. The van der Waals surface area contributed by atoms with Gasteiger partial charge in [0.25, 0.3) is 5.56 Å². The molecule has 5 aromatic rings. The molecule has 9 nitrogen and oxygen atoms in total. The molecule has 5 rings (SSSR count). The first-order valence-electron chi connectivity index (χ1n) is 10.5. The predicted octanol–water partition coefficient (Wildman–Crippen LogP) is 3.18. The van der Waals surface area contributed by atoms with Crippen molar-refractivity contribution in [3.05, 3.63) is 88.5 Å². The van der Waals surface area contributed by atoms with Crippen molar-refractivity contribution in [1.29, 1.82) is 0 Å². The van der Waals surface area contributed by atoms with E-state index in [4.69, 9.17) is 0 Å². The number of aromatic nitrogens is 7. The van der Waals surface area contributed by atoms with Gasteiger partial charge in [0.1, 0.15) is 6.33 Å². The van der Waals surface area contributed by atoms with E-state index in [9.17, 15) is 4.79 Å². The summed E-state index contributed by atoms with van der Waals surface area (Å²) in [7, 11) is 1.71. The number of aryl methyl sites for hydroxylation is 3. The van der Waals surface area contributed by atoms with Crippen molar-refractivity contribution in [3.8, 4) is 22.5 Å². The maximum atomic E-state index is 12.4. The van der Waals surface area contributed by atoms with Gasteiger partial charge in [0, 0.05) is 49.5 Å². The van der Waals surface area contributed by atoms with Gasteiger partial charge in [-0.3, -0.25) is 19.2 Å². The Morgan fingerprint density at radius 2 is 1.91 bits per heavy atom. The Bertz CT molecular complexity index is 1540. The van der Waals surface area contributed by atoms with Crippen LogP contribution in [-0.2, 0) is 13.6 Å². The third kappa shape index (κ3) is 3.96. The van der Waals surface area contributed by atoms with Crippen molar-refractivity contribution < 1.29 is 0 Å². The van der Waals surface area contributed by atoms with Crippen LogP contribution in [0.4, 0.5) is 5.95 Å². The molecule has 0 atom stereocenters. The molecule has 0 aliphatic rings. The van der Waals surface area contributed by atoms with Gasteiger partial charge in [-0.05, 0) is 49.2 Å². The van der Waals surface area contributed by atoms with E-state index < -0.39 is 0 Å². The number of nitrogens with one attached hydrogen (secondary N) is 1. The molecule has 0 unspecified atom stereocenters. The SMILES string of the molecule is Cc1cc(-c2ncc(CNc3nnc4cc(-c5cccn(C)c5=O)ncn34)cc2C)ccn1. The fraction of sp³-hybridized carbons (Fsp3) is 0.167. The van der Waals surface area contributed by atoms with Crippen LogP contribution in [0.5, 0.6) is 0 Å². The lowest BCUT2D eigenvalue weighted by Gasteiger charge is -2.09. The van der Waals surface area contributed by atoms with Crippen LogP contribution in [0.3, 0.4) is 0 Å². The number of hydrogen-bond acceptors (Lipinski definition) is 7. The Morgan fingerprint density at radius 3 is 2.73 bits per heavy atom. The molecular formula is C24H22N8O.